The molecule has 0 heterocycles. The molecule has 0 unspecified atom stereocenters. The van der Waals surface area contributed by atoms with Crippen molar-refractivity contribution in [3.8, 4) is 11.5 Å². The Morgan fingerprint density at radius 3 is 2.44 bits per heavy atom. The van der Waals surface area contributed by atoms with Crippen LogP contribution in [0.4, 0.5) is 0 Å². The van der Waals surface area contributed by atoms with Gasteiger partial charge < -0.3 is 9.47 Å². The van der Waals surface area contributed by atoms with Gasteiger partial charge in [-0.15, -0.1) is 0 Å². The van der Waals surface area contributed by atoms with Crippen molar-refractivity contribution in [2.45, 2.75) is 26.9 Å². The molecule has 0 bridgehead atoms. The molecule has 2 amide bonds. The van der Waals surface area contributed by atoms with E-state index in [9.17, 15) is 9.59 Å². The zero-order valence-electron chi connectivity index (χ0n) is 15.9. The lowest BCUT2D eigenvalue weighted by atomic mass is 10.1. The quantitative estimate of drug-likeness (QED) is 0.607. The van der Waals surface area contributed by atoms with E-state index in [4.69, 9.17) is 9.47 Å². The summed E-state index contributed by atoms with van der Waals surface area (Å²) in [4.78, 5) is 24.0. The van der Waals surface area contributed by atoms with E-state index >= 15 is 0 Å². The maximum Gasteiger partial charge on any atom is 0.279 e. The second-order valence-corrected chi connectivity index (χ2v) is 6.01. The van der Waals surface area contributed by atoms with E-state index in [2.05, 4.69) is 10.9 Å². The van der Waals surface area contributed by atoms with E-state index in [0.717, 1.165) is 16.7 Å². The molecule has 0 fully saturated rings. The summed E-state index contributed by atoms with van der Waals surface area (Å²) in [6.45, 7) is 5.52. The van der Waals surface area contributed by atoms with Crippen molar-refractivity contribution in [1.29, 1.82) is 0 Å². The van der Waals surface area contributed by atoms with Crippen LogP contribution >= 0.6 is 0 Å². The minimum absolute atomic E-state index is 0.449. The van der Waals surface area contributed by atoms with Gasteiger partial charge in [0.05, 0.1) is 7.11 Å². The van der Waals surface area contributed by atoms with Gasteiger partial charge in [0.1, 0.15) is 11.5 Å². The first-order valence-corrected chi connectivity index (χ1v) is 8.56. The SMILES string of the molecule is COc1ccccc1/C=C/C(=O)NNC(=O)[C@@H](C)Oc1cccc(C)c1C. The predicted octanol–water partition coefficient (Wildman–Crippen LogP) is 2.94. The van der Waals surface area contributed by atoms with Crippen LogP contribution in [0.25, 0.3) is 6.08 Å². The number of hydrazine groups is 1. The van der Waals surface area contributed by atoms with Crippen molar-refractivity contribution in [2.24, 2.45) is 0 Å². The normalized spacial score (nSPS) is 11.7. The minimum Gasteiger partial charge on any atom is -0.496 e. The number of para-hydroxylation sites is 1. The average Bonchev–Trinajstić information content (AvgIpc) is 2.68. The van der Waals surface area contributed by atoms with Crippen molar-refractivity contribution >= 4 is 17.9 Å². The summed E-state index contributed by atoms with van der Waals surface area (Å²) < 4.78 is 10.9. The molecule has 0 aliphatic heterocycles. The molecule has 6 nitrogen and oxygen atoms in total. The topological polar surface area (TPSA) is 76.7 Å². The van der Waals surface area contributed by atoms with Crippen molar-refractivity contribution in [3.63, 3.8) is 0 Å². The molecule has 2 N–H and O–H groups in total. The molecule has 0 spiro atoms. The number of nitrogens with one attached hydrogen (secondary N) is 2. The van der Waals surface area contributed by atoms with Gasteiger partial charge in [-0.3, -0.25) is 20.4 Å². The van der Waals surface area contributed by atoms with E-state index in [1.54, 1.807) is 32.2 Å². The highest BCUT2D eigenvalue weighted by atomic mass is 16.5. The van der Waals surface area contributed by atoms with Gasteiger partial charge in [-0.2, -0.15) is 0 Å². The number of ether oxygens (including phenoxy) is 2. The molecule has 2 aromatic carbocycles. The molecule has 1 atom stereocenters. The van der Waals surface area contributed by atoms with Crippen molar-refractivity contribution < 1.29 is 19.1 Å². The van der Waals surface area contributed by atoms with Gasteiger partial charge >= 0.3 is 0 Å². The first-order chi connectivity index (χ1) is 12.9. The second-order valence-electron chi connectivity index (χ2n) is 6.01. The number of methoxy groups -OCH3 is 1. The second kappa shape index (κ2) is 9.43. The van der Waals surface area contributed by atoms with Crippen LogP contribution in [-0.2, 0) is 9.59 Å². The molecular formula is C21H24N2O4. The summed E-state index contributed by atoms with van der Waals surface area (Å²) in [6.07, 6.45) is 2.16. The number of hydrogen-bond donors (Lipinski definition) is 2. The summed E-state index contributed by atoms with van der Waals surface area (Å²) in [6, 6.07) is 12.9. The lowest BCUT2D eigenvalue weighted by Gasteiger charge is -2.17. The van der Waals surface area contributed by atoms with Crippen LogP contribution in [0.2, 0.25) is 0 Å². The van der Waals surface area contributed by atoms with Crippen LogP contribution in [0, 0.1) is 13.8 Å². The molecule has 2 rings (SSSR count). The van der Waals surface area contributed by atoms with E-state index in [-0.39, 0.29) is 0 Å². The van der Waals surface area contributed by atoms with Gasteiger partial charge in [-0.25, -0.2) is 0 Å². The highest BCUT2D eigenvalue weighted by Crippen LogP contribution is 2.21. The fraction of sp³-hybridized carbons (Fsp3) is 0.238. The summed E-state index contributed by atoms with van der Waals surface area (Å²) in [5.74, 6) is 0.379. The van der Waals surface area contributed by atoms with Crippen LogP contribution in [0.3, 0.4) is 0 Å². The monoisotopic (exact) mass is 368 g/mol. The van der Waals surface area contributed by atoms with Crippen LogP contribution in [0.1, 0.15) is 23.6 Å². The largest absolute Gasteiger partial charge is 0.496 e. The number of benzene rings is 2. The fourth-order valence-electron chi connectivity index (χ4n) is 2.33. The molecule has 0 aliphatic rings. The third-order valence-electron chi connectivity index (χ3n) is 4.09. The maximum absolute atomic E-state index is 12.1. The summed E-state index contributed by atoms with van der Waals surface area (Å²) in [7, 11) is 1.56. The Balaban J connectivity index is 1.88. The van der Waals surface area contributed by atoms with Crippen molar-refractivity contribution in [2.75, 3.05) is 7.11 Å². The molecule has 27 heavy (non-hydrogen) atoms. The van der Waals surface area contributed by atoms with E-state index in [1.165, 1.54) is 6.08 Å². The Kier molecular flexibility index (Phi) is 7.00. The first-order valence-electron chi connectivity index (χ1n) is 8.56. The molecule has 0 aromatic heterocycles. The van der Waals surface area contributed by atoms with E-state index in [1.807, 2.05) is 44.2 Å². The molecule has 0 saturated heterocycles. The molecular weight excluding hydrogens is 344 g/mol. The van der Waals surface area contributed by atoms with E-state index < -0.39 is 17.9 Å². The van der Waals surface area contributed by atoms with E-state index in [0.29, 0.717) is 11.5 Å². The Morgan fingerprint density at radius 1 is 1.00 bits per heavy atom. The number of rotatable bonds is 6. The molecule has 0 saturated carbocycles. The minimum atomic E-state index is -0.760. The van der Waals surface area contributed by atoms with Crippen molar-refractivity contribution in [1.82, 2.24) is 10.9 Å². The van der Waals surface area contributed by atoms with Gasteiger partial charge in [0, 0.05) is 11.6 Å². The Labute approximate surface area is 159 Å². The highest BCUT2D eigenvalue weighted by molar-refractivity contribution is 5.93. The third kappa shape index (κ3) is 5.60. The third-order valence-corrected chi connectivity index (χ3v) is 4.09. The number of aryl methyl sites for hydroxylation is 1. The van der Waals surface area contributed by atoms with Crippen LogP contribution in [0.15, 0.2) is 48.5 Å². The zero-order valence-corrected chi connectivity index (χ0v) is 15.9. The van der Waals surface area contributed by atoms with Gasteiger partial charge in [0.15, 0.2) is 6.10 Å². The fourth-order valence-corrected chi connectivity index (χ4v) is 2.33. The maximum atomic E-state index is 12.1. The smallest absolute Gasteiger partial charge is 0.279 e. The number of carbonyl (C=O) groups is 2. The molecule has 6 heteroatoms. The molecule has 2 aromatic rings. The van der Waals surface area contributed by atoms with Gasteiger partial charge in [0.2, 0.25) is 0 Å². The van der Waals surface area contributed by atoms with Gasteiger partial charge in [-0.05, 0) is 50.1 Å². The Bertz CT molecular complexity index is 846. The van der Waals surface area contributed by atoms with Gasteiger partial charge in [0.25, 0.3) is 11.8 Å². The van der Waals surface area contributed by atoms with Crippen LogP contribution in [0.5, 0.6) is 11.5 Å². The molecule has 0 radical (unpaired) electrons. The summed E-state index contributed by atoms with van der Waals surface area (Å²) in [5.41, 5.74) is 7.50. The standard InChI is InChI=1S/C21H24N2O4/c1-14-8-7-11-18(15(14)2)27-16(3)21(25)23-22-20(24)13-12-17-9-5-6-10-19(17)26-4/h5-13,16H,1-4H3,(H,22,24)(H,23,25)/b13-12+/t16-/m1/s1. The highest BCUT2D eigenvalue weighted by Gasteiger charge is 2.16. The number of amides is 2. The lowest BCUT2D eigenvalue weighted by Crippen LogP contribution is -2.46. The van der Waals surface area contributed by atoms with Crippen molar-refractivity contribution in [3.05, 3.63) is 65.2 Å². The zero-order chi connectivity index (χ0) is 19.8. The summed E-state index contributed by atoms with van der Waals surface area (Å²) >= 11 is 0. The number of carbonyl (C=O) groups excluding carboxylic acids is 2. The van der Waals surface area contributed by atoms with Crippen LogP contribution in [-0.4, -0.2) is 25.0 Å². The van der Waals surface area contributed by atoms with Gasteiger partial charge in [-0.1, -0.05) is 30.3 Å². The Hall–Kier alpha value is -3.28. The lowest BCUT2D eigenvalue weighted by molar-refractivity contribution is -0.131. The Morgan fingerprint density at radius 2 is 1.70 bits per heavy atom. The van der Waals surface area contributed by atoms with Crippen LogP contribution < -0.4 is 20.3 Å². The molecule has 142 valence electrons. The number of hydrogen-bond acceptors (Lipinski definition) is 4. The first kappa shape index (κ1) is 20.0. The molecule has 0 aliphatic carbocycles. The predicted molar refractivity (Wildman–Crippen MR) is 104 cm³/mol. The summed E-state index contributed by atoms with van der Waals surface area (Å²) in [5, 5.41) is 0. The average molecular weight is 368 g/mol.